The SMILES string of the molecule is CCC(C)c1ccc(OC(=O)c2cccs2)cc1. The predicted molar refractivity (Wildman–Crippen MR) is 74.4 cm³/mol. The van der Waals surface area contributed by atoms with Gasteiger partial charge in [0.1, 0.15) is 10.6 Å². The third-order valence-electron chi connectivity index (χ3n) is 2.99. The number of carbonyl (C=O) groups excluding carboxylic acids is 1. The Balaban J connectivity index is 2.04. The fourth-order valence-electron chi connectivity index (χ4n) is 1.65. The molecule has 0 spiro atoms. The molecular weight excluding hydrogens is 244 g/mol. The zero-order chi connectivity index (χ0) is 13.0. The molecule has 0 N–H and O–H groups in total. The Morgan fingerprint density at radius 1 is 1.28 bits per heavy atom. The summed E-state index contributed by atoms with van der Waals surface area (Å²) in [7, 11) is 0. The van der Waals surface area contributed by atoms with Gasteiger partial charge in [0.2, 0.25) is 0 Å². The van der Waals surface area contributed by atoms with Gasteiger partial charge < -0.3 is 4.74 Å². The summed E-state index contributed by atoms with van der Waals surface area (Å²) in [5.74, 6) is 0.841. The van der Waals surface area contributed by atoms with Crippen LogP contribution in [0.25, 0.3) is 0 Å². The maximum Gasteiger partial charge on any atom is 0.353 e. The van der Waals surface area contributed by atoms with E-state index in [-0.39, 0.29) is 5.97 Å². The van der Waals surface area contributed by atoms with E-state index >= 15 is 0 Å². The van der Waals surface area contributed by atoms with Crippen LogP contribution < -0.4 is 4.74 Å². The molecule has 1 heterocycles. The van der Waals surface area contributed by atoms with Crippen molar-refractivity contribution in [2.24, 2.45) is 0 Å². The van der Waals surface area contributed by atoms with E-state index in [4.69, 9.17) is 4.74 Å². The van der Waals surface area contributed by atoms with E-state index in [1.54, 1.807) is 6.07 Å². The molecule has 3 heteroatoms. The van der Waals surface area contributed by atoms with Gasteiger partial charge >= 0.3 is 5.97 Å². The summed E-state index contributed by atoms with van der Waals surface area (Å²) in [5, 5.41) is 1.86. The Bertz CT molecular complexity index is 500. The summed E-state index contributed by atoms with van der Waals surface area (Å²) in [4.78, 5) is 12.4. The lowest BCUT2D eigenvalue weighted by Gasteiger charge is -2.09. The van der Waals surface area contributed by atoms with E-state index in [1.165, 1.54) is 16.9 Å². The van der Waals surface area contributed by atoms with Gasteiger partial charge in [-0.05, 0) is 41.5 Å². The number of rotatable bonds is 4. The molecule has 94 valence electrons. The van der Waals surface area contributed by atoms with Crippen LogP contribution in [0.3, 0.4) is 0 Å². The molecule has 0 radical (unpaired) electrons. The fourth-order valence-corrected chi connectivity index (χ4v) is 2.25. The fraction of sp³-hybridized carbons (Fsp3) is 0.267. The normalized spacial score (nSPS) is 12.1. The van der Waals surface area contributed by atoms with Crippen LogP contribution in [0.15, 0.2) is 41.8 Å². The van der Waals surface area contributed by atoms with Crippen molar-refractivity contribution in [3.63, 3.8) is 0 Å². The molecule has 2 rings (SSSR count). The highest BCUT2D eigenvalue weighted by molar-refractivity contribution is 7.12. The summed E-state index contributed by atoms with van der Waals surface area (Å²) in [6, 6.07) is 11.4. The number of benzene rings is 1. The molecular formula is C15H16O2S. The number of carbonyl (C=O) groups is 1. The minimum absolute atomic E-state index is 0.290. The number of hydrogen-bond donors (Lipinski definition) is 0. The molecule has 0 aliphatic heterocycles. The van der Waals surface area contributed by atoms with Crippen molar-refractivity contribution in [1.29, 1.82) is 0 Å². The van der Waals surface area contributed by atoms with Crippen LogP contribution in [0.4, 0.5) is 0 Å². The Morgan fingerprint density at radius 3 is 2.56 bits per heavy atom. The smallest absolute Gasteiger partial charge is 0.353 e. The molecule has 1 aromatic carbocycles. The van der Waals surface area contributed by atoms with Gasteiger partial charge in [-0.1, -0.05) is 32.0 Å². The Labute approximate surface area is 111 Å². The summed E-state index contributed by atoms with van der Waals surface area (Å²) < 4.78 is 5.30. The van der Waals surface area contributed by atoms with Crippen LogP contribution in [0.5, 0.6) is 5.75 Å². The average molecular weight is 260 g/mol. The summed E-state index contributed by atoms with van der Waals surface area (Å²) >= 11 is 1.39. The molecule has 0 amide bonds. The van der Waals surface area contributed by atoms with Crippen molar-refractivity contribution in [3.05, 3.63) is 52.2 Å². The van der Waals surface area contributed by atoms with Gasteiger partial charge in [-0.25, -0.2) is 4.79 Å². The molecule has 0 aliphatic carbocycles. The van der Waals surface area contributed by atoms with Gasteiger partial charge in [-0.2, -0.15) is 0 Å². The molecule has 0 saturated heterocycles. The topological polar surface area (TPSA) is 26.3 Å². The minimum Gasteiger partial charge on any atom is -0.422 e. The second-order valence-corrected chi connectivity index (χ2v) is 5.19. The molecule has 18 heavy (non-hydrogen) atoms. The maximum atomic E-state index is 11.7. The molecule has 1 atom stereocenters. The van der Waals surface area contributed by atoms with Crippen LogP contribution in [-0.2, 0) is 0 Å². The Morgan fingerprint density at radius 2 is 2.00 bits per heavy atom. The lowest BCUT2D eigenvalue weighted by molar-refractivity contribution is 0.0740. The van der Waals surface area contributed by atoms with Crippen molar-refractivity contribution in [2.75, 3.05) is 0 Å². The van der Waals surface area contributed by atoms with Gasteiger partial charge in [-0.3, -0.25) is 0 Å². The first kappa shape index (κ1) is 12.8. The van der Waals surface area contributed by atoms with Crippen molar-refractivity contribution in [3.8, 4) is 5.75 Å². The molecule has 0 bridgehead atoms. The van der Waals surface area contributed by atoms with Crippen LogP contribution in [0.2, 0.25) is 0 Å². The number of hydrogen-bond acceptors (Lipinski definition) is 3. The number of esters is 1. The highest BCUT2D eigenvalue weighted by atomic mass is 32.1. The molecule has 1 aromatic heterocycles. The second-order valence-electron chi connectivity index (χ2n) is 4.25. The first-order valence-corrected chi connectivity index (χ1v) is 6.94. The first-order valence-electron chi connectivity index (χ1n) is 6.06. The molecule has 2 nitrogen and oxygen atoms in total. The lowest BCUT2D eigenvalue weighted by Crippen LogP contribution is -2.06. The molecule has 2 aromatic rings. The molecule has 0 fully saturated rings. The van der Waals surface area contributed by atoms with Gasteiger partial charge in [-0.15, -0.1) is 11.3 Å². The zero-order valence-electron chi connectivity index (χ0n) is 10.6. The van der Waals surface area contributed by atoms with Crippen molar-refractivity contribution in [2.45, 2.75) is 26.2 Å². The summed E-state index contributed by atoms with van der Waals surface area (Å²) in [5.41, 5.74) is 1.27. The third-order valence-corrected chi connectivity index (χ3v) is 3.84. The summed E-state index contributed by atoms with van der Waals surface area (Å²) in [6.45, 7) is 4.35. The number of ether oxygens (including phenoxy) is 1. The molecule has 0 saturated carbocycles. The quantitative estimate of drug-likeness (QED) is 0.598. The van der Waals surface area contributed by atoms with Gasteiger partial charge in [0, 0.05) is 0 Å². The van der Waals surface area contributed by atoms with Crippen molar-refractivity contribution < 1.29 is 9.53 Å². The van der Waals surface area contributed by atoms with Crippen LogP contribution in [-0.4, -0.2) is 5.97 Å². The molecule has 0 aliphatic rings. The van der Waals surface area contributed by atoms with E-state index in [1.807, 2.05) is 35.7 Å². The number of thiophene rings is 1. The van der Waals surface area contributed by atoms with E-state index in [0.717, 1.165) is 6.42 Å². The first-order chi connectivity index (χ1) is 8.70. The highest BCUT2D eigenvalue weighted by Crippen LogP contribution is 2.22. The Kier molecular flexibility index (Phi) is 4.15. The van der Waals surface area contributed by atoms with Crippen LogP contribution in [0, 0.1) is 0 Å². The molecule has 1 unspecified atom stereocenters. The Hall–Kier alpha value is -1.61. The monoisotopic (exact) mass is 260 g/mol. The third kappa shape index (κ3) is 2.99. The van der Waals surface area contributed by atoms with E-state index in [9.17, 15) is 4.79 Å². The van der Waals surface area contributed by atoms with Gasteiger partial charge in [0.05, 0.1) is 0 Å². The van der Waals surface area contributed by atoms with E-state index in [0.29, 0.717) is 16.5 Å². The highest BCUT2D eigenvalue weighted by Gasteiger charge is 2.09. The average Bonchev–Trinajstić information content (AvgIpc) is 2.92. The summed E-state index contributed by atoms with van der Waals surface area (Å²) in [6.07, 6.45) is 1.11. The van der Waals surface area contributed by atoms with Crippen LogP contribution >= 0.6 is 11.3 Å². The van der Waals surface area contributed by atoms with E-state index in [2.05, 4.69) is 13.8 Å². The second kappa shape index (κ2) is 5.83. The predicted octanol–water partition coefficient (Wildman–Crippen LogP) is 4.48. The lowest BCUT2D eigenvalue weighted by atomic mass is 9.99. The maximum absolute atomic E-state index is 11.7. The van der Waals surface area contributed by atoms with Gasteiger partial charge in [0.25, 0.3) is 0 Å². The standard InChI is InChI=1S/C15H16O2S/c1-3-11(2)12-6-8-13(9-7-12)17-15(16)14-5-4-10-18-14/h4-11H,3H2,1-2H3. The van der Waals surface area contributed by atoms with Crippen LogP contribution in [0.1, 0.15) is 41.4 Å². The van der Waals surface area contributed by atoms with Crippen molar-refractivity contribution in [1.82, 2.24) is 0 Å². The zero-order valence-corrected chi connectivity index (χ0v) is 11.4. The van der Waals surface area contributed by atoms with Crippen molar-refractivity contribution >= 4 is 17.3 Å². The van der Waals surface area contributed by atoms with E-state index < -0.39 is 0 Å². The minimum atomic E-state index is -0.290. The van der Waals surface area contributed by atoms with Gasteiger partial charge in [0.15, 0.2) is 0 Å². The largest absolute Gasteiger partial charge is 0.422 e.